The summed E-state index contributed by atoms with van der Waals surface area (Å²) < 4.78 is 21.3. The smallest absolute Gasteiger partial charge is 0.228 e. The lowest BCUT2D eigenvalue weighted by Crippen LogP contribution is -2.07. The van der Waals surface area contributed by atoms with E-state index < -0.39 is 7.37 Å². The second kappa shape index (κ2) is 3.68. The van der Waals surface area contributed by atoms with Crippen LogP contribution in [0, 0.1) is 5.92 Å². The molecule has 2 atom stereocenters. The number of methoxy groups -OCH3 is 1. The third-order valence-electron chi connectivity index (χ3n) is 1.67. The molecule has 5 heteroatoms. The Morgan fingerprint density at radius 3 is 3.00 bits per heavy atom. The molecular weight excluding hydrogens is 167 g/mol. The molecule has 0 aromatic heterocycles. The van der Waals surface area contributed by atoms with Crippen molar-refractivity contribution in [1.82, 2.24) is 0 Å². The molecule has 1 fully saturated rings. The fourth-order valence-electron chi connectivity index (χ4n) is 1.14. The number of hydrogen-bond acceptors (Lipinski definition) is 4. The van der Waals surface area contributed by atoms with E-state index in [-0.39, 0.29) is 18.9 Å². The van der Waals surface area contributed by atoms with Crippen molar-refractivity contribution in [2.24, 2.45) is 5.92 Å². The number of ether oxygens (including phenoxy) is 1. The Labute approximate surface area is 66.0 Å². The van der Waals surface area contributed by atoms with Gasteiger partial charge in [-0.2, -0.15) is 0 Å². The summed E-state index contributed by atoms with van der Waals surface area (Å²) >= 11 is 0. The third kappa shape index (κ3) is 2.27. The third-order valence-corrected chi connectivity index (χ3v) is 4.01. The molecule has 2 unspecified atom stereocenters. The molecule has 1 saturated heterocycles. The van der Waals surface area contributed by atoms with Gasteiger partial charge in [0, 0.05) is 25.8 Å². The molecule has 0 aromatic rings. The fourth-order valence-corrected chi connectivity index (χ4v) is 3.31. The highest BCUT2D eigenvalue weighted by molar-refractivity contribution is 7.59. The van der Waals surface area contributed by atoms with Gasteiger partial charge in [0.1, 0.15) is 6.35 Å². The largest absolute Gasteiger partial charge is 0.396 e. The van der Waals surface area contributed by atoms with Crippen LogP contribution in [0.5, 0.6) is 0 Å². The number of rotatable bonds is 3. The highest BCUT2D eigenvalue weighted by Crippen LogP contribution is 2.53. The lowest BCUT2D eigenvalue weighted by Gasteiger charge is -2.07. The SMILES string of the molecule is COCP1(=O)CC(CO)CO1. The van der Waals surface area contributed by atoms with Crippen LogP contribution in [0.1, 0.15) is 0 Å². The molecule has 0 amide bonds. The molecule has 1 heterocycles. The first-order valence-corrected chi connectivity index (χ1v) is 5.52. The van der Waals surface area contributed by atoms with Gasteiger partial charge in [0.05, 0.1) is 6.61 Å². The van der Waals surface area contributed by atoms with Gasteiger partial charge in [-0.1, -0.05) is 0 Å². The second-order valence-corrected chi connectivity index (χ2v) is 5.27. The monoisotopic (exact) mass is 180 g/mol. The van der Waals surface area contributed by atoms with E-state index in [0.717, 1.165) is 0 Å². The van der Waals surface area contributed by atoms with Crippen molar-refractivity contribution >= 4 is 7.37 Å². The van der Waals surface area contributed by atoms with Gasteiger partial charge in [0.25, 0.3) is 0 Å². The van der Waals surface area contributed by atoms with Crippen molar-refractivity contribution in [3.05, 3.63) is 0 Å². The minimum Gasteiger partial charge on any atom is -0.396 e. The lowest BCUT2D eigenvalue weighted by molar-refractivity contribution is 0.197. The maximum absolute atomic E-state index is 11.5. The van der Waals surface area contributed by atoms with E-state index in [1.807, 2.05) is 0 Å². The Bertz CT molecular complexity index is 170. The van der Waals surface area contributed by atoms with Crippen LogP contribution in [0.15, 0.2) is 0 Å². The van der Waals surface area contributed by atoms with Crippen LogP contribution in [-0.2, 0) is 13.8 Å². The molecule has 0 spiro atoms. The maximum Gasteiger partial charge on any atom is 0.228 e. The van der Waals surface area contributed by atoms with Crippen LogP contribution < -0.4 is 0 Å². The van der Waals surface area contributed by atoms with Crippen molar-refractivity contribution < 1.29 is 18.9 Å². The summed E-state index contributed by atoms with van der Waals surface area (Å²) in [5.41, 5.74) is 0. The highest BCUT2D eigenvalue weighted by Gasteiger charge is 2.34. The molecule has 0 aromatic carbocycles. The predicted octanol–water partition coefficient (Wildman–Crippen LogP) is 0.507. The van der Waals surface area contributed by atoms with Crippen molar-refractivity contribution in [2.45, 2.75) is 0 Å². The van der Waals surface area contributed by atoms with Crippen molar-refractivity contribution in [3.8, 4) is 0 Å². The zero-order chi connectivity index (χ0) is 8.32. The molecule has 11 heavy (non-hydrogen) atoms. The summed E-state index contributed by atoms with van der Waals surface area (Å²) in [5, 5.41) is 8.72. The Morgan fingerprint density at radius 1 is 1.82 bits per heavy atom. The molecule has 1 aliphatic heterocycles. The van der Waals surface area contributed by atoms with Crippen LogP contribution in [-0.4, -0.2) is 37.9 Å². The zero-order valence-electron chi connectivity index (χ0n) is 6.52. The first-order chi connectivity index (χ1) is 5.20. The molecule has 1 rings (SSSR count). The Hall–Kier alpha value is 0.110. The minimum atomic E-state index is -2.52. The minimum absolute atomic E-state index is 0.0379. The molecular formula is C6H13O4P. The molecule has 0 bridgehead atoms. The fraction of sp³-hybridized carbons (Fsp3) is 1.00. The van der Waals surface area contributed by atoms with E-state index in [4.69, 9.17) is 14.4 Å². The number of aliphatic hydroxyl groups excluding tert-OH is 1. The summed E-state index contributed by atoms with van der Waals surface area (Å²) in [5.74, 6) is 0.0379. The first kappa shape index (κ1) is 9.20. The molecule has 0 aliphatic carbocycles. The molecule has 1 N–H and O–H groups in total. The van der Waals surface area contributed by atoms with Crippen LogP contribution in [0.3, 0.4) is 0 Å². The number of hydrogen-bond donors (Lipinski definition) is 1. The second-order valence-electron chi connectivity index (χ2n) is 2.76. The van der Waals surface area contributed by atoms with Crippen molar-refractivity contribution in [1.29, 1.82) is 0 Å². The van der Waals surface area contributed by atoms with E-state index in [1.54, 1.807) is 0 Å². The lowest BCUT2D eigenvalue weighted by atomic mass is 10.2. The molecule has 4 nitrogen and oxygen atoms in total. The van der Waals surface area contributed by atoms with E-state index >= 15 is 0 Å². The Kier molecular flexibility index (Phi) is 3.07. The van der Waals surface area contributed by atoms with Crippen LogP contribution in [0.25, 0.3) is 0 Å². The van der Waals surface area contributed by atoms with Gasteiger partial charge in [0.2, 0.25) is 7.37 Å². The summed E-state index contributed by atoms with van der Waals surface area (Å²) in [7, 11) is -1.03. The van der Waals surface area contributed by atoms with E-state index in [0.29, 0.717) is 12.8 Å². The summed E-state index contributed by atoms with van der Waals surface area (Å²) in [6, 6.07) is 0. The van der Waals surface area contributed by atoms with Gasteiger partial charge in [-0.3, -0.25) is 4.57 Å². The Morgan fingerprint density at radius 2 is 2.55 bits per heavy atom. The Balaban J connectivity index is 2.44. The molecule has 0 saturated carbocycles. The highest BCUT2D eigenvalue weighted by atomic mass is 31.2. The predicted molar refractivity (Wildman–Crippen MR) is 40.9 cm³/mol. The molecule has 0 radical (unpaired) electrons. The van der Waals surface area contributed by atoms with Gasteiger partial charge < -0.3 is 14.4 Å². The van der Waals surface area contributed by atoms with Crippen LogP contribution >= 0.6 is 7.37 Å². The quantitative estimate of drug-likeness (QED) is 0.643. The first-order valence-electron chi connectivity index (χ1n) is 3.52. The maximum atomic E-state index is 11.5. The van der Waals surface area contributed by atoms with E-state index in [2.05, 4.69) is 0 Å². The van der Waals surface area contributed by atoms with Gasteiger partial charge in [-0.05, 0) is 0 Å². The van der Waals surface area contributed by atoms with Crippen molar-refractivity contribution in [3.63, 3.8) is 0 Å². The van der Waals surface area contributed by atoms with Crippen LogP contribution in [0.4, 0.5) is 0 Å². The average molecular weight is 180 g/mol. The normalized spacial score (nSPS) is 37.8. The topological polar surface area (TPSA) is 55.8 Å². The van der Waals surface area contributed by atoms with Gasteiger partial charge in [-0.25, -0.2) is 0 Å². The summed E-state index contributed by atoms with van der Waals surface area (Å²) in [6.07, 6.45) is 0.626. The van der Waals surface area contributed by atoms with Crippen LogP contribution in [0.2, 0.25) is 0 Å². The van der Waals surface area contributed by atoms with E-state index in [9.17, 15) is 4.57 Å². The number of aliphatic hydroxyl groups is 1. The zero-order valence-corrected chi connectivity index (χ0v) is 7.42. The summed E-state index contributed by atoms with van der Waals surface area (Å²) in [6.45, 7) is 0.449. The standard InChI is InChI=1S/C6H13O4P/c1-9-5-11(8)4-6(2-7)3-10-11/h6-7H,2-5H2,1H3. The van der Waals surface area contributed by atoms with E-state index in [1.165, 1.54) is 7.11 Å². The molecule has 1 aliphatic rings. The van der Waals surface area contributed by atoms with Crippen molar-refractivity contribution in [2.75, 3.05) is 32.8 Å². The van der Waals surface area contributed by atoms with Gasteiger partial charge in [-0.15, -0.1) is 0 Å². The van der Waals surface area contributed by atoms with Gasteiger partial charge in [0.15, 0.2) is 0 Å². The molecule has 66 valence electrons. The average Bonchev–Trinajstić information content (AvgIpc) is 2.33. The summed E-state index contributed by atoms with van der Waals surface area (Å²) in [4.78, 5) is 0. The van der Waals surface area contributed by atoms with Gasteiger partial charge >= 0.3 is 0 Å².